The monoisotopic (exact) mass is 413 g/mol. The molecule has 0 aliphatic heterocycles. The molecule has 1 fully saturated rings. The Morgan fingerprint density at radius 2 is 1.80 bits per heavy atom. The molecular formula is C14H16Br2F3N. The Bertz CT molecular complexity index is 462. The molecule has 0 radical (unpaired) electrons. The molecule has 0 amide bonds. The Balaban J connectivity index is 1.99. The molecule has 0 heterocycles. The molecule has 112 valence electrons. The molecule has 1 aromatic rings. The van der Waals surface area contributed by atoms with E-state index in [1.165, 1.54) is 0 Å². The highest BCUT2D eigenvalue weighted by Crippen LogP contribution is 2.37. The molecule has 0 bridgehead atoms. The molecule has 1 aliphatic rings. The Hall–Kier alpha value is -0.0700. The van der Waals surface area contributed by atoms with E-state index in [9.17, 15) is 13.2 Å². The first-order valence-electron chi connectivity index (χ1n) is 6.62. The van der Waals surface area contributed by atoms with E-state index < -0.39 is 18.1 Å². The number of benzene rings is 1. The van der Waals surface area contributed by atoms with Gasteiger partial charge >= 0.3 is 6.18 Å². The smallest absolute Gasteiger partial charge is 0.309 e. The second kappa shape index (κ2) is 6.79. The predicted octanol–water partition coefficient (Wildman–Crippen LogP) is 5.42. The van der Waals surface area contributed by atoms with E-state index in [0.717, 1.165) is 20.9 Å². The third kappa shape index (κ3) is 4.21. The fourth-order valence-corrected chi connectivity index (χ4v) is 3.34. The van der Waals surface area contributed by atoms with Gasteiger partial charge in [0.15, 0.2) is 0 Å². The zero-order chi connectivity index (χ0) is 14.8. The summed E-state index contributed by atoms with van der Waals surface area (Å²) in [6.07, 6.45) is -1.72. The maximum Gasteiger partial charge on any atom is 0.393 e. The SMILES string of the molecule is FC(F)(F)C1CCCCC1NCc1ccc(Br)c(Br)c1. The van der Waals surface area contributed by atoms with Gasteiger partial charge in [0.1, 0.15) is 0 Å². The van der Waals surface area contributed by atoms with Crippen LogP contribution in [0, 0.1) is 5.92 Å². The van der Waals surface area contributed by atoms with Gasteiger partial charge in [0.2, 0.25) is 0 Å². The summed E-state index contributed by atoms with van der Waals surface area (Å²) in [5.41, 5.74) is 0.978. The van der Waals surface area contributed by atoms with Crippen LogP contribution in [-0.4, -0.2) is 12.2 Å². The fraction of sp³-hybridized carbons (Fsp3) is 0.571. The van der Waals surface area contributed by atoms with Crippen molar-refractivity contribution in [3.63, 3.8) is 0 Å². The molecule has 20 heavy (non-hydrogen) atoms. The predicted molar refractivity (Wildman–Crippen MR) is 80.5 cm³/mol. The van der Waals surface area contributed by atoms with E-state index in [4.69, 9.17) is 0 Å². The molecule has 0 spiro atoms. The molecule has 1 saturated carbocycles. The van der Waals surface area contributed by atoms with Crippen LogP contribution in [0.5, 0.6) is 0 Å². The van der Waals surface area contributed by atoms with Gasteiger partial charge in [-0.15, -0.1) is 0 Å². The highest BCUT2D eigenvalue weighted by atomic mass is 79.9. The van der Waals surface area contributed by atoms with Crippen LogP contribution < -0.4 is 5.32 Å². The van der Waals surface area contributed by atoms with Crippen molar-refractivity contribution in [1.29, 1.82) is 0 Å². The van der Waals surface area contributed by atoms with Crippen molar-refractivity contribution in [3.8, 4) is 0 Å². The van der Waals surface area contributed by atoms with E-state index in [1.54, 1.807) is 0 Å². The summed E-state index contributed by atoms with van der Waals surface area (Å²) in [4.78, 5) is 0. The summed E-state index contributed by atoms with van der Waals surface area (Å²) in [6.45, 7) is 0.461. The summed E-state index contributed by atoms with van der Waals surface area (Å²) in [5.74, 6) is -1.21. The summed E-state index contributed by atoms with van der Waals surface area (Å²) in [6, 6.07) is 5.25. The first-order valence-corrected chi connectivity index (χ1v) is 8.20. The third-order valence-corrected chi connectivity index (χ3v) is 5.62. The normalized spacial score (nSPS) is 23.9. The van der Waals surface area contributed by atoms with Crippen LogP contribution in [0.2, 0.25) is 0 Å². The van der Waals surface area contributed by atoms with Gasteiger partial charge in [-0.25, -0.2) is 0 Å². The number of rotatable bonds is 3. The van der Waals surface area contributed by atoms with Gasteiger partial charge in [0.25, 0.3) is 0 Å². The minimum atomic E-state index is -4.10. The van der Waals surface area contributed by atoms with Crippen molar-refractivity contribution in [2.75, 3.05) is 0 Å². The van der Waals surface area contributed by atoms with E-state index >= 15 is 0 Å². The van der Waals surface area contributed by atoms with Gasteiger partial charge in [-0.2, -0.15) is 13.2 Å². The van der Waals surface area contributed by atoms with E-state index in [-0.39, 0.29) is 6.42 Å². The molecule has 1 N–H and O–H groups in total. The van der Waals surface area contributed by atoms with Gasteiger partial charge in [0, 0.05) is 21.5 Å². The van der Waals surface area contributed by atoms with Crippen molar-refractivity contribution < 1.29 is 13.2 Å². The van der Waals surface area contributed by atoms with Gasteiger partial charge < -0.3 is 5.32 Å². The lowest BCUT2D eigenvalue weighted by Gasteiger charge is -2.33. The van der Waals surface area contributed by atoms with Crippen LogP contribution in [-0.2, 0) is 6.54 Å². The summed E-state index contributed by atoms with van der Waals surface area (Å²) >= 11 is 6.78. The van der Waals surface area contributed by atoms with Crippen LogP contribution in [0.3, 0.4) is 0 Å². The van der Waals surface area contributed by atoms with Gasteiger partial charge in [-0.05, 0) is 62.4 Å². The van der Waals surface area contributed by atoms with Crippen molar-refractivity contribution in [2.45, 2.75) is 44.4 Å². The van der Waals surface area contributed by atoms with Crippen molar-refractivity contribution in [3.05, 3.63) is 32.7 Å². The van der Waals surface area contributed by atoms with Crippen LogP contribution in [0.15, 0.2) is 27.1 Å². The Morgan fingerprint density at radius 3 is 2.45 bits per heavy atom. The zero-order valence-corrected chi connectivity index (χ0v) is 14.0. The first kappa shape index (κ1) is 16.3. The minimum Gasteiger partial charge on any atom is -0.309 e. The van der Waals surface area contributed by atoms with Crippen molar-refractivity contribution >= 4 is 31.9 Å². The summed E-state index contributed by atoms with van der Waals surface area (Å²) in [7, 11) is 0. The molecule has 6 heteroatoms. The van der Waals surface area contributed by atoms with E-state index in [1.807, 2.05) is 18.2 Å². The largest absolute Gasteiger partial charge is 0.393 e. The molecule has 1 nitrogen and oxygen atoms in total. The Kier molecular flexibility index (Phi) is 5.54. The maximum absolute atomic E-state index is 13.0. The fourth-order valence-electron chi connectivity index (χ4n) is 2.67. The molecule has 0 aromatic heterocycles. The highest BCUT2D eigenvalue weighted by Gasteiger charge is 2.45. The molecule has 2 atom stereocenters. The Morgan fingerprint density at radius 1 is 1.10 bits per heavy atom. The molecular weight excluding hydrogens is 399 g/mol. The number of nitrogens with one attached hydrogen (secondary N) is 1. The maximum atomic E-state index is 13.0. The molecule has 0 saturated heterocycles. The molecule has 2 rings (SSSR count). The average molecular weight is 415 g/mol. The molecule has 2 unspecified atom stereocenters. The number of hydrogen-bond donors (Lipinski definition) is 1. The van der Waals surface area contributed by atoms with Crippen molar-refractivity contribution in [2.24, 2.45) is 5.92 Å². The lowest BCUT2D eigenvalue weighted by Crippen LogP contribution is -2.45. The molecule has 1 aromatic carbocycles. The van der Waals surface area contributed by atoms with Gasteiger partial charge in [-0.1, -0.05) is 18.9 Å². The topological polar surface area (TPSA) is 12.0 Å². The number of hydrogen-bond acceptors (Lipinski definition) is 1. The lowest BCUT2D eigenvalue weighted by molar-refractivity contribution is -0.189. The van der Waals surface area contributed by atoms with Crippen molar-refractivity contribution in [1.82, 2.24) is 5.32 Å². The zero-order valence-electron chi connectivity index (χ0n) is 10.8. The summed E-state index contributed by atoms with van der Waals surface area (Å²) < 4.78 is 40.8. The van der Waals surface area contributed by atoms with Crippen LogP contribution >= 0.6 is 31.9 Å². The minimum absolute atomic E-state index is 0.241. The van der Waals surface area contributed by atoms with Gasteiger partial charge in [0.05, 0.1) is 5.92 Å². The quantitative estimate of drug-likeness (QED) is 0.695. The first-order chi connectivity index (χ1) is 9.38. The van der Waals surface area contributed by atoms with E-state index in [2.05, 4.69) is 37.2 Å². The number of alkyl halides is 3. The lowest BCUT2D eigenvalue weighted by atomic mass is 9.84. The van der Waals surface area contributed by atoms with Crippen LogP contribution in [0.25, 0.3) is 0 Å². The third-order valence-electron chi connectivity index (χ3n) is 3.74. The van der Waals surface area contributed by atoms with Crippen LogP contribution in [0.4, 0.5) is 13.2 Å². The van der Waals surface area contributed by atoms with E-state index in [0.29, 0.717) is 19.4 Å². The second-order valence-electron chi connectivity index (χ2n) is 5.17. The second-order valence-corrected chi connectivity index (χ2v) is 6.88. The molecule has 1 aliphatic carbocycles. The Labute approximate surface area is 133 Å². The highest BCUT2D eigenvalue weighted by molar-refractivity contribution is 9.13. The number of halogens is 5. The van der Waals surface area contributed by atoms with Crippen LogP contribution in [0.1, 0.15) is 31.2 Å². The van der Waals surface area contributed by atoms with Gasteiger partial charge in [-0.3, -0.25) is 0 Å². The summed E-state index contributed by atoms with van der Waals surface area (Å²) in [5, 5.41) is 3.09. The average Bonchev–Trinajstić information content (AvgIpc) is 2.39. The standard InChI is InChI=1S/C14H16Br2F3N/c15-11-6-5-9(7-12(11)16)8-20-13-4-2-1-3-10(13)14(17,18)19/h5-7,10,13,20H,1-4,8H2.